The predicted octanol–water partition coefficient (Wildman–Crippen LogP) is 4.76. The molecule has 0 aromatic heterocycles. The van der Waals surface area contributed by atoms with Crippen molar-refractivity contribution in [2.45, 2.75) is 90.7 Å². The minimum absolute atomic E-state index is 0.00236. The molecule has 7 heteroatoms. The molecule has 0 spiro atoms. The average Bonchev–Trinajstić information content (AvgIpc) is 3.31. The van der Waals surface area contributed by atoms with E-state index in [1.807, 2.05) is 24.3 Å². The molecule has 4 aliphatic carbocycles. The largest absolute Gasteiger partial charge is 0.462 e. The zero-order chi connectivity index (χ0) is 30.2. The fraction of sp³-hybridized carbons (Fsp3) is 0.657. The zero-order valence-electron chi connectivity index (χ0n) is 26.2. The third-order valence-electron chi connectivity index (χ3n) is 12.4. The Morgan fingerprint density at radius 2 is 1.83 bits per heavy atom. The van der Waals surface area contributed by atoms with Crippen molar-refractivity contribution in [3.63, 3.8) is 0 Å². The van der Waals surface area contributed by atoms with Crippen LogP contribution in [0.1, 0.15) is 70.7 Å². The lowest BCUT2D eigenvalue weighted by Gasteiger charge is -2.54. The first kappa shape index (κ1) is 29.6. The van der Waals surface area contributed by atoms with Crippen LogP contribution in [0.5, 0.6) is 0 Å². The van der Waals surface area contributed by atoms with Gasteiger partial charge in [0, 0.05) is 35.8 Å². The number of nitrogens with one attached hydrogen (secondary N) is 1. The second-order valence-corrected chi connectivity index (χ2v) is 14.7. The van der Waals surface area contributed by atoms with Gasteiger partial charge in [-0.15, -0.1) is 0 Å². The summed E-state index contributed by atoms with van der Waals surface area (Å²) in [4.78, 5) is 27.8. The Labute approximate surface area is 250 Å². The van der Waals surface area contributed by atoms with E-state index in [9.17, 15) is 14.7 Å². The highest BCUT2D eigenvalue weighted by Crippen LogP contribution is 2.69. The van der Waals surface area contributed by atoms with Gasteiger partial charge in [0.25, 0.3) is 5.91 Å². The summed E-state index contributed by atoms with van der Waals surface area (Å²) < 4.78 is 12.8. The molecule has 3 fully saturated rings. The Morgan fingerprint density at radius 1 is 1.12 bits per heavy atom. The third kappa shape index (κ3) is 4.33. The number of hydrogen-bond donors (Lipinski definition) is 2. The molecular weight excluding hydrogens is 528 g/mol. The van der Waals surface area contributed by atoms with E-state index < -0.39 is 17.6 Å². The van der Waals surface area contributed by atoms with Crippen molar-refractivity contribution in [2.75, 3.05) is 20.7 Å². The van der Waals surface area contributed by atoms with Crippen LogP contribution < -0.4 is 5.32 Å². The van der Waals surface area contributed by atoms with Gasteiger partial charge in [0.2, 0.25) is 0 Å². The van der Waals surface area contributed by atoms with Crippen molar-refractivity contribution >= 4 is 11.9 Å². The fourth-order valence-electron chi connectivity index (χ4n) is 10.0. The number of esters is 1. The summed E-state index contributed by atoms with van der Waals surface area (Å²) in [5.74, 6) is 0.225. The summed E-state index contributed by atoms with van der Waals surface area (Å²) in [6, 6.07) is 9.02. The van der Waals surface area contributed by atoms with Crippen molar-refractivity contribution in [1.82, 2.24) is 10.2 Å². The number of carbonyl (C=O) groups is 2. The van der Waals surface area contributed by atoms with Crippen LogP contribution in [0.25, 0.3) is 0 Å². The number of rotatable bonds is 5. The van der Waals surface area contributed by atoms with Crippen LogP contribution in [-0.2, 0) is 14.3 Å². The van der Waals surface area contributed by atoms with Crippen LogP contribution in [0.3, 0.4) is 0 Å². The summed E-state index contributed by atoms with van der Waals surface area (Å²) in [5, 5.41) is 14.7. The number of amides is 1. The first-order valence-electron chi connectivity index (χ1n) is 15.7. The van der Waals surface area contributed by atoms with Gasteiger partial charge in [0.15, 0.2) is 0 Å². The number of aliphatic hydroxyl groups is 1. The molecule has 2 saturated carbocycles. The normalized spacial score (nSPS) is 42.8. The molecule has 1 saturated heterocycles. The fourth-order valence-corrected chi connectivity index (χ4v) is 10.0. The number of benzene rings is 1. The van der Waals surface area contributed by atoms with Crippen molar-refractivity contribution in [3.05, 3.63) is 59.2 Å². The third-order valence-corrected chi connectivity index (χ3v) is 12.4. The molecule has 11 unspecified atom stereocenters. The predicted molar refractivity (Wildman–Crippen MR) is 162 cm³/mol. The van der Waals surface area contributed by atoms with Crippen LogP contribution in [0, 0.1) is 34.0 Å². The van der Waals surface area contributed by atoms with Gasteiger partial charge >= 0.3 is 5.97 Å². The Hall–Kier alpha value is -2.48. The highest BCUT2D eigenvalue weighted by atomic mass is 16.5. The summed E-state index contributed by atoms with van der Waals surface area (Å²) in [6.45, 7) is 11.3. The molecule has 228 valence electrons. The van der Waals surface area contributed by atoms with Crippen molar-refractivity contribution in [1.29, 1.82) is 0 Å². The molecule has 0 bridgehead atoms. The smallest absolute Gasteiger partial charge is 0.302 e. The summed E-state index contributed by atoms with van der Waals surface area (Å²) in [5.41, 5.74) is 2.71. The number of carbonyl (C=O) groups excluding carboxylic acids is 2. The van der Waals surface area contributed by atoms with Gasteiger partial charge in [-0.1, -0.05) is 62.3 Å². The second kappa shape index (κ2) is 10.3. The molecular formula is C35H48N2O5. The molecule has 1 heterocycles. The molecule has 2 N–H and O–H groups in total. The lowest BCUT2D eigenvalue weighted by molar-refractivity contribution is -0.150. The first-order chi connectivity index (χ1) is 19.8. The lowest BCUT2D eigenvalue weighted by atomic mass is 9.51. The van der Waals surface area contributed by atoms with Crippen LogP contribution in [-0.4, -0.2) is 73.0 Å². The van der Waals surface area contributed by atoms with E-state index in [0.717, 1.165) is 25.7 Å². The van der Waals surface area contributed by atoms with Crippen molar-refractivity contribution < 1.29 is 24.2 Å². The van der Waals surface area contributed by atoms with Gasteiger partial charge in [-0.25, -0.2) is 0 Å². The summed E-state index contributed by atoms with van der Waals surface area (Å²) in [6.07, 6.45) is 7.03. The van der Waals surface area contributed by atoms with Crippen LogP contribution in [0.15, 0.2) is 53.6 Å². The lowest BCUT2D eigenvalue weighted by Crippen LogP contribution is -2.58. The number of aliphatic hydroxyl groups excluding tert-OH is 1. The molecule has 42 heavy (non-hydrogen) atoms. The maximum atomic E-state index is 13.2. The summed E-state index contributed by atoms with van der Waals surface area (Å²) in [7, 11) is 4.24. The monoisotopic (exact) mass is 576 g/mol. The molecule has 1 aromatic rings. The minimum atomic E-state index is -0.789. The van der Waals surface area contributed by atoms with E-state index in [-0.39, 0.29) is 58.7 Å². The molecule has 7 nitrogen and oxygen atoms in total. The van der Waals surface area contributed by atoms with E-state index in [2.05, 4.69) is 58.1 Å². The zero-order valence-corrected chi connectivity index (χ0v) is 26.2. The molecule has 6 rings (SSSR count). The number of ether oxygens (including phenoxy) is 2. The number of allylic oxidation sites excluding steroid dienone is 2. The molecule has 1 aromatic carbocycles. The van der Waals surface area contributed by atoms with Gasteiger partial charge in [0.05, 0.1) is 24.9 Å². The quantitative estimate of drug-likeness (QED) is 0.388. The van der Waals surface area contributed by atoms with Crippen LogP contribution in [0.2, 0.25) is 0 Å². The molecule has 11 atom stereocenters. The highest BCUT2D eigenvalue weighted by molar-refractivity contribution is 5.94. The molecule has 1 aliphatic heterocycles. The maximum Gasteiger partial charge on any atom is 0.302 e. The van der Waals surface area contributed by atoms with E-state index >= 15 is 0 Å². The number of fused-ring (bicyclic) bond motifs is 3. The summed E-state index contributed by atoms with van der Waals surface area (Å²) >= 11 is 0. The van der Waals surface area contributed by atoms with Gasteiger partial charge < -0.3 is 24.8 Å². The molecule has 1 amide bonds. The van der Waals surface area contributed by atoms with Gasteiger partial charge in [-0.05, 0) is 75.6 Å². The van der Waals surface area contributed by atoms with Gasteiger partial charge in [-0.3, -0.25) is 9.59 Å². The SMILES string of the molecule is CC(=O)OC1CC2(C)C3CC4OCC5(C)C(NC(=O)c6ccccc6)C(O)C=C(CC3=CCC2(C)C1C(C)N(C)C)C45. The Kier molecular flexibility index (Phi) is 7.26. The van der Waals surface area contributed by atoms with Crippen LogP contribution >= 0.6 is 0 Å². The van der Waals surface area contributed by atoms with E-state index in [1.54, 1.807) is 12.1 Å². The van der Waals surface area contributed by atoms with E-state index in [1.165, 1.54) is 18.1 Å². The van der Waals surface area contributed by atoms with Gasteiger partial charge in [-0.2, -0.15) is 0 Å². The van der Waals surface area contributed by atoms with Gasteiger partial charge in [0.1, 0.15) is 6.10 Å². The highest BCUT2D eigenvalue weighted by Gasteiger charge is 2.67. The Bertz CT molecular complexity index is 1310. The number of nitrogens with zero attached hydrogens (tertiary/aromatic N) is 1. The molecule has 0 radical (unpaired) electrons. The standard InChI is InChI=1S/C35H48N2O5/c1-20(37(6)7)29-28(42-21(2)38)18-35(5)25-17-27-30-24(15-23(25)13-14-34(29,35)4)16-26(39)31(33(30,3)19-41-27)36-32(40)22-11-9-8-10-12-22/h8-13,16,20,25-31,39H,14-15,17-19H2,1-7H3,(H,36,40). The van der Waals surface area contributed by atoms with Crippen LogP contribution in [0.4, 0.5) is 0 Å². The topological polar surface area (TPSA) is 88.1 Å². The number of hydrogen-bond acceptors (Lipinski definition) is 6. The Balaban J connectivity index is 1.34. The Morgan fingerprint density at radius 3 is 2.50 bits per heavy atom. The second-order valence-electron chi connectivity index (χ2n) is 14.7. The van der Waals surface area contributed by atoms with Crippen molar-refractivity contribution in [2.24, 2.45) is 34.0 Å². The molecule has 5 aliphatic rings. The van der Waals surface area contributed by atoms with Crippen molar-refractivity contribution in [3.8, 4) is 0 Å². The van der Waals surface area contributed by atoms with E-state index in [0.29, 0.717) is 12.2 Å². The average molecular weight is 577 g/mol. The minimum Gasteiger partial charge on any atom is -0.462 e. The maximum absolute atomic E-state index is 13.2. The first-order valence-corrected chi connectivity index (χ1v) is 15.7. The van der Waals surface area contributed by atoms with E-state index in [4.69, 9.17) is 9.47 Å².